The Kier molecular flexibility index (Phi) is 4.92. The number of rotatable bonds is 4. The van der Waals surface area contributed by atoms with Gasteiger partial charge in [0.15, 0.2) is 0 Å². The first-order valence-electron chi connectivity index (χ1n) is 5.06. The highest BCUT2D eigenvalue weighted by Crippen LogP contribution is 2.19. The van der Waals surface area contributed by atoms with E-state index in [9.17, 15) is 13.2 Å². The lowest BCUT2D eigenvalue weighted by atomic mass is 10.2. The number of hydrogen-bond donors (Lipinski definition) is 1. The Hall–Kier alpha value is -0.230. The fourth-order valence-corrected chi connectivity index (χ4v) is 3.86. The molecule has 6 heteroatoms. The van der Waals surface area contributed by atoms with Gasteiger partial charge in [0.25, 0.3) is 0 Å². The number of carbonyl (C=O) groups excluding carboxylic acids is 1. The molecule has 15 heavy (non-hydrogen) atoms. The zero-order valence-corrected chi connectivity index (χ0v) is 10.5. The quantitative estimate of drug-likeness (QED) is 0.787. The monoisotopic (exact) mass is 251 g/mol. The van der Waals surface area contributed by atoms with Crippen LogP contribution in [0, 0.1) is 0 Å². The summed E-state index contributed by atoms with van der Waals surface area (Å²) in [5, 5.41) is 2.77. The molecule has 0 spiro atoms. The first kappa shape index (κ1) is 12.8. The number of carbonyl (C=O) groups is 1. The van der Waals surface area contributed by atoms with E-state index in [1.807, 2.05) is 0 Å². The number of sulfone groups is 1. The Morgan fingerprint density at radius 1 is 1.47 bits per heavy atom. The minimum absolute atomic E-state index is 0.0609. The van der Waals surface area contributed by atoms with Crippen LogP contribution in [0.25, 0.3) is 0 Å². The van der Waals surface area contributed by atoms with Crippen molar-refractivity contribution in [3.05, 3.63) is 0 Å². The summed E-state index contributed by atoms with van der Waals surface area (Å²) in [7, 11) is -2.90. The lowest BCUT2D eigenvalue weighted by Crippen LogP contribution is -2.31. The van der Waals surface area contributed by atoms with Gasteiger partial charge in [-0.25, -0.2) is 8.42 Å². The van der Waals surface area contributed by atoms with Crippen molar-refractivity contribution in [1.29, 1.82) is 0 Å². The number of nitrogens with one attached hydrogen (secondary N) is 1. The lowest BCUT2D eigenvalue weighted by molar-refractivity contribution is -0.120. The highest BCUT2D eigenvalue weighted by atomic mass is 32.2. The van der Waals surface area contributed by atoms with Crippen LogP contribution in [-0.2, 0) is 14.6 Å². The largest absolute Gasteiger partial charge is 0.355 e. The summed E-state index contributed by atoms with van der Waals surface area (Å²) in [6.07, 6.45) is 4.14. The van der Waals surface area contributed by atoms with Gasteiger partial charge in [-0.3, -0.25) is 4.79 Å². The van der Waals surface area contributed by atoms with Crippen LogP contribution in [0.1, 0.15) is 19.3 Å². The van der Waals surface area contributed by atoms with Gasteiger partial charge < -0.3 is 5.32 Å². The maximum Gasteiger partial charge on any atom is 0.233 e. The highest BCUT2D eigenvalue weighted by molar-refractivity contribution is 8.01. The molecule has 1 N–H and O–H groups in total. The van der Waals surface area contributed by atoms with Gasteiger partial charge in [0, 0.05) is 18.6 Å². The molecule has 4 nitrogen and oxygen atoms in total. The van der Waals surface area contributed by atoms with Gasteiger partial charge in [0.1, 0.15) is 9.84 Å². The molecular weight excluding hydrogens is 234 g/mol. The number of thioether (sulfide) groups is 1. The Bertz CT molecular complexity index is 313. The van der Waals surface area contributed by atoms with Crippen molar-refractivity contribution in [1.82, 2.24) is 5.32 Å². The van der Waals surface area contributed by atoms with E-state index in [1.54, 1.807) is 0 Å². The van der Waals surface area contributed by atoms with Gasteiger partial charge in [0.2, 0.25) is 5.91 Å². The predicted octanol–water partition coefficient (Wildman–Crippen LogP) is 0.433. The molecular formula is C9H17NO3S2. The molecule has 1 saturated heterocycles. The van der Waals surface area contributed by atoms with E-state index in [1.165, 1.54) is 18.0 Å². The molecule has 1 heterocycles. The summed E-state index contributed by atoms with van der Waals surface area (Å²) in [6, 6.07) is 0. The Labute approximate surface area is 95.1 Å². The molecule has 0 aromatic heterocycles. The third-order valence-electron chi connectivity index (χ3n) is 2.26. The van der Waals surface area contributed by atoms with Crippen molar-refractivity contribution in [2.24, 2.45) is 0 Å². The van der Waals surface area contributed by atoms with Crippen LogP contribution in [-0.4, -0.2) is 43.9 Å². The van der Waals surface area contributed by atoms with Crippen molar-refractivity contribution >= 4 is 27.5 Å². The molecule has 1 rings (SSSR count). The molecule has 0 radical (unpaired) electrons. The molecule has 0 aromatic carbocycles. The van der Waals surface area contributed by atoms with Gasteiger partial charge in [-0.1, -0.05) is 6.42 Å². The zero-order chi connectivity index (χ0) is 11.3. The minimum Gasteiger partial charge on any atom is -0.355 e. The van der Waals surface area contributed by atoms with Gasteiger partial charge in [-0.2, -0.15) is 0 Å². The van der Waals surface area contributed by atoms with E-state index in [0.29, 0.717) is 5.75 Å². The molecule has 1 amide bonds. The number of amides is 1. The van der Waals surface area contributed by atoms with E-state index in [-0.39, 0.29) is 16.9 Å². The zero-order valence-electron chi connectivity index (χ0n) is 8.86. The molecule has 1 unspecified atom stereocenters. The van der Waals surface area contributed by atoms with E-state index >= 15 is 0 Å². The Morgan fingerprint density at radius 2 is 2.20 bits per heavy atom. The predicted molar refractivity (Wildman–Crippen MR) is 62.8 cm³/mol. The van der Waals surface area contributed by atoms with Crippen LogP contribution in [0.2, 0.25) is 0 Å². The van der Waals surface area contributed by atoms with Gasteiger partial charge in [-0.15, -0.1) is 11.8 Å². The molecule has 0 saturated carbocycles. The van der Waals surface area contributed by atoms with Crippen molar-refractivity contribution in [2.75, 3.05) is 24.3 Å². The second-order valence-corrected chi connectivity index (χ2v) is 7.35. The average Bonchev–Trinajstić information content (AvgIpc) is 2.30. The smallest absolute Gasteiger partial charge is 0.233 e. The Balaban J connectivity index is 2.33. The van der Waals surface area contributed by atoms with Crippen LogP contribution in [0.4, 0.5) is 0 Å². The van der Waals surface area contributed by atoms with Crippen LogP contribution in [0.3, 0.4) is 0 Å². The van der Waals surface area contributed by atoms with Crippen molar-refractivity contribution in [2.45, 2.75) is 24.5 Å². The normalized spacial score (nSPS) is 23.3. The minimum atomic E-state index is -2.90. The topological polar surface area (TPSA) is 63.2 Å². The van der Waals surface area contributed by atoms with Gasteiger partial charge in [0.05, 0.1) is 11.0 Å². The highest BCUT2D eigenvalue weighted by Gasteiger charge is 2.21. The lowest BCUT2D eigenvalue weighted by Gasteiger charge is -2.11. The maximum atomic E-state index is 11.5. The molecule has 0 bridgehead atoms. The molecule has 1 aliphatic heterocycles. The SMILES string of the molecule is CS(=O)(=O)CCSC1CCCCNC1=O. The van der Waals surface area contributed by atoms with Crippen LogP contribution in [0.5, 0.6) is 0 Å². The molecule has 0 aromatic rings. The maximum absolute atomic E-state index is 11.5. The third kappa shape index (κ3) is 5.41. The van der Waals surface area contributed by atoms with E-state index in [4.69, 9.17) is 0 Å². The summed E-state index contributed by atoms with van der Waals surface area (Å²) in [5.41, 5.74) is 0. The standard InChI is InChI=1S/C9H17NO3S2/c1-15(12,13)7-6-14-8-4-2-3-5-10-9(8)11/h8H,2-7H2,1H3,(H,10,11). The van der Waals surface area contributed by atoms with E-state index < -0.39 is 9.84 Å². The van der Waals surface area contributed by atoms with E-state index in [0.717, 1.165) is 25.8 Å². The second kappa shape index (κ2) is 5.75. The van der Waals surface area contributed by atoms with Crippen LogP contribution >= 0.6 is 11.8 Å². The summed E-state index contributed by atoms with van der Waals surface area (Å²) in [4.78, 5) is 11.5. The molecule has 0 aliphatic carbocycles. The van der Waals surface area contributed by atoms with Crippen LogP contribution < -0.4 is 5.32 Å². The summed E-state index contributed by atoms with van der Waals surface area (Å²) < 4.78 is 21.8. The first-order valence-corrected chi connectivity index (χ1v) is 8.17. The summed E-state index contributed by atoms with van der Waals surface area (Å²) >= 11 is 1.45. The first-order chi connectivity index (χ1) is 6.99. The average molecular weight is 251 g/mol. The third-order valence-corrected chi connectivity index (χ3v) is 4.75. The van der Waals surface area contributed by atoms with Crippen LogP contribution in [0.15, 0.2) is 0 Å². The molecule has 1 aliphatic rings. The molecule has 88 valence electrons. The second-order valence-electron chi connectivity index (χ2n) is 3.78. The number of hydrogen-bond acceptors (Lipinski definition) is 4. The van der Waals surface area contributed by atoms with Crippen molar-refractivity contribution < 1.29 is 13.2 Å². The van der Waals surface area contributed by atoms with Gasteiger partial charge >= 0.3 is 0 Å². The van der Waals surface area contributed by atoms with Crippen molar-refractivity contribution in [3.63, 3.8) is 0 Å². The Morgan fingerprint density at radius 3 is 2.87 bits per heavy atom. The summed E-state index contributed by atoms with van der Waals surface area (Å²) in [6.45, 7) is 0.752. The molecule has 1 atom stereocenters. The van der Waals surface area contributed by atoms with Crippen molar-refractivity contribution in [3.8, 4) is 0 Å². The van der Waals surface area contributed by atoms with Gasteiger partial charge in [-0.05, 0) is 12.8 Å². The fourth-order valence-electron chi connectivity index (χ4n) is 1.41. The van der Waals surface area contributed by atoms with E-state index in [2.05, 4.69) is 5.32 Å². The molecule has 1 fully saturated rings. The fraction of sp³-hybridized carbons (Fsp3) is 0.889. The summed E-state index contributed by atoms with van der Waals surface area (Å²) in [5.74, 6) is 0.726.